The molecule has 140 valence electrons. The molecule has 0 aliphatic rings. The number of nitrogens with zero attached hydrogens (tertiary/aromatic N) is 3. The largest absolute Gasteiger partial charge is 0.333 e. The summed E-state index contributed by atoms with van der Waals surface area (Å²) in [6, 6.07) is 12.7. The van der Waals surface area contributed by atoms with E-state index in [9.17, 15) is 4.79 Å². The summed E-state index contributed by atoms with van der Waals surface area (Å²) in [6.07, 6.45) is 3.40. The van der Waals surface area contributed by atoms with Crippen LogP contribution in [0.3, 0.4) is 0 Å². The van der Waals surface area contributed by atoms with E-state index in [0.29, 0.717) is 28.2 Å². The molecule has 3 heterocycles. The molecule has 0 bridgehead atoms. The van der Waals surface area contributed by atoms with Gasteiger partial charge in [-0.15, -0.1) is 23.1 Å². The summed E-state index contributed by atoms with van der Waals surface area (Å²) >= 11 is 8.78. The Balaban J connectivity index is 1.45. The Labute approximate surface area is 174 Å². The predicted molar refractivity (Wildman–Crippen MR) is 112 cm³/mol. The van der Waals surface area contributed by atoms with Gasteiger partial charge in [0.15, 0.2) is 0 Å². The molecule has 0 aliphatic heterocycles. The molecule has 0 radical (unpaired) electrons. The summed E-state index contributed by atoms with van der Waals surface area (Å²) in [6.45, 7) is 0. The van der Waals surface area contributed by atoms with Gasteiger partial charge in [0.1, 0.15) is 4.88 Å². The smallest absolute Gasteiger partial charge is 0.270 e. The Kier molecular flexibility index (Phi) is 5.70. The number of carbonyl (C=O) groups excluding carboxylic acids is 1. The van der Waals surface area contributed by atoms with Crippen LogP contribution in [0.1, 0.15) is 0 Å². The average molecular weight is 429 g/mol. The molecular weight excluding hydrogens is 416 g/mol. The molecule has 0 fully saturated rings. The summed E-state index contributed by atoms with van der Waals surface area (Å²) < 4.78 is 5.40. The van der Waals surface area contributed by atoms with Crippen LogP contribution in [-0.4, -0.2) is 26.8 Å². The Morgan fingerprint density at radius 2 is 1.93 bits per heavy atom. The number of carbonyl (C=O) groups is 1. The molecule has 4 aromatic rings. The SMILES string of the molecule is O=C(CSc1ccncc1)Nc1ccsc1-c1nc(-c2ccc(Cl)cc2)no1. The molecule has 6 nitrogen and oxygen atoms in total. The summed E-state index contributed by atoms with van der Waals surface area (Å²) in [4.78, 5) is 22.4. The van der Waals surface area contributed by atoms with Gasteiger partial charge in [-0.05, 0) is 47.8 Å². The van der Waals surface area contributed by atoms with E-state index in [1.807, 2.05) is 35.7 Å². The minimum atomic E-state index is -0.112. The second kappa shape index (κ2) is 8.55. The molecule has 1 amide bonds. The molecule has 4 rings (SSSR count). The van der Waals surface area contributed by atoms with Crippen LogP contribution in [0.15, 0.2) is 69.7 Å². The van der Waals surface area contributed by atoms with E-state index < -0.39 is 0 Å². The van der Waals surface area contributed by atoms with Gasteiger partial charge in [-0.3, -0.25) is 9.78 Å². The fourth-order valence-corrected chi connectivity index (χ4v) is 3.95. The van der Waals surface area contributed by atoms with Crippen LogP contribution in [0.2, 0.25) is 5.02 Å². The lowest BCUT2D eigenvalue weighted by atomic mass is 10.2. The molecule has 0 saturated carbocycles. The van der Waals surface area contributed by atoms with Crippen molar-refractivity contribution < 1.29 is 9.32 Å². The van der Waals surface area contributed by atoms with Crippen molar-refractivity contribution in [1.82, 2.24) is 15.1 Å². The van der Waals surface area contributed by atoms with Gasteiger partial charge in [0.2, 0.25) is 11.7 Å². The molecule has 0 saturated heterocycles. The van der Waals surface area contributed by atoms with Crippen LogP contribution in [0.4, 0.5) is 5.69 Å². The molecule has 1 aromatic carbocycles. The number of rotatable bonds is 6. The number of hydrogen-bond acceptors (Lipinski definition) is 7. The molecular formula is C19H13ClN4O2S2. The van der Waals surface area contributed by atoms with Gasteiger partial charge in [0.05, 0.1) is 11.4 Å². The van der Waals surface area contributed by atoms with E-state index in [1.54, 1.807) is 24.5 Å². The molecule has 0 aliphatic carbocycles. The topological polar surface area (TPSA) is 80.9 Å². The fourth-order valence-electron chi connectivity index (χ4n) is 2.37. The van der Waals surface area contributed by atoms with Gasteiger partial charge in [-0.2, -0.15) is 4.98 Å². The van der Waals surface area contributed by atoms with Crippen molar-refractivity contribution >= 4 is 46.3 Å². The lowest BCUT2D eigenvalue weighted by Crippen LogP contribution is -2.13. The number of anilines is 1. The molecule has 3 aromatic heterocycles. The molecule has 9 heteroatoms. The number of benzene rings is 1. The standard InChI is InChI=1S/C19H13ClN4O2S2/c20-13-3-1-12(2-4-13)18-23-19(26-24-18)17-15(7-10-27-17)22-16(25)11-28-14-5-8-21-9-6-14/h1-10H,11H2,(H,22,25). The van der Waals surface area contributed by atoms with Crippen molar-refractivity contribution in [2.75, 3.05) is 11.1 Å². The molecule has 1 N–H and O–H groups in total. The second-order valence-electron chi connectivity index (χ2n) is 5.61. The van der Waals surface area contributed by atoms with Crippen molar-refractivity contribution in [1.29, 1.82) is 0 Å². The van der Waals surface area contributed by atoms with Crippen LogP contribution >= 0.6 is 34.7 Å². The monoisotopic (exact) mass is 428 g/mol. The van der Waals surface area contributed by atoms with Crippen LogP contribution in [0.25, 0.3) is 22.2 Å². The van der Waals surface area contributed by atoms with Crippen LogP contribution in [-0.2, 0) is 4.79 Å². The molecule has 0 unspecified atom stereocenters. The van der Waals surface area contributed by atoms with E-state index in [2.05, 4.69) is 20.4 Å². The van der Waals surface area contributed by atoms with E-state index in [0.717, 1.165) is 15.3 Å². The molecule has 0 spiro atoms. The van der Waals surface area contributed by atoms with E-state index >= 15 is 0 Å². The maximum absolute atomic E-state index is 12.3. The minimum absolute atomic E-state index is 0.112. The Morgan fingerprint density at radius 3 is 2.71 bits per heavy atom. The van der Waals surface area contributed by atoms with Crippen molar-refractivity contribution in [3.8, 4) is 22.2 Å². The molecule has 0 atom stereocenters. The molecule has 28 heavy (non-hydrogen) atoms. The first-order valence-electron chi connectivity index (χ1n) is 8.19. The third-order valence-corrected chi connectivity index (χ3v) is 5.85. The van der Waals surface area contributed by atoms with E-state index in [-0.39, 0.29) is 5.91 Å². The van der Waals surface area contributed by atoms with Crippen molar-refractivity contribution in [2.45, 2.75) is 4.90 Å². The summed E-state index contributed by atoms with van der Waals surface area (Å²) in [5.74, 6) is 1.00. The van der Waals surface area contributed by atoms with Gasteiger partial charge in [0.25, 0.3) is 5.89 Å². The average Bonchev–Trinajstić information content (AvgIpc) is 3.37. The number of hydrogen-bond donors (Lipinski definition) is 1. The third-order valence-electron chi connectivity index (χ3n) is 3.68. The predicted octanol–water partition coefficient (Wildman–Crippen LogP) is 5.24. The quantitative estimate of drug-likeness (QED) is 0.423. The van der Waals surface area contributed by atoms with Crippen molar-refractivity contribution in [3.63, 3.8) is 0 Å². The zero-order valence-corrected chi connectivity index (χ0v) is 16.7. The second-order valence-corrected chi connectivity index (χ2v) is 8.01. The minimum Gasteiger partial charge on any atom is -0.333 e. The summed E-state index contributed by atoms with van der Waals surface area (Å²) in [5.41, 5.74) is 1.45. The maximum atomic E-state index is 12.3. The number of nitrogens with one attached hydrogen (secondary N) is 1. The van der Waals surface area contributed by atoms with Crippen LogP contribution in [0, 0.1) is 0 Å². The van der Waals surface area contributed by atoms with Gasteiger partial charge in [-0.25, -0.2) is 0 Å². The van der Waals surface area contributed by atoms with Crippen molar-refractivity contribution in [2.24, 2.45) is 0 Å². The van der Waals surface area contributed by atoms with Crippen LogP contribution < -0.4 is 5.32 Å². The third kappa shape index (κ3) is 4.41. The number of thiophene rings is 1. The highest BCUT2D eigenvalue weighted by Crippen LogP contribution is 2.34. The van der Waals surface area contributed by atoms with Gasteiger partial charge in [0, 0.05) is 27.9 Å². The maximum Gasteiger partial charge on any atom is 0.270 e. The van der Waals surface area contributed by atoms with Gasteiger partial charge in [-0.1, -0.05) is 16.8 Å². The van der Waals surface area contributed by atoms with Crippen molar-refractivity contribution in [3.05, 3.63) is 65.3 Å². The number of amides is 1. The van der Waals surface area contributed by atoms with Gasteiger partial charge >= 0.3 is 0 Å². The zero-order chi connectivity index (χ0) is 19.3. The normalized spacial score (nSPS) is 10.8. The number of pyridine rings is 1. The lowest BCUT2D eigenvalue weighted by Gasteiger charge is -2.04. The van der Waals surface area contributed by atoms with E-state index in [1.165, 1.54) is 23.1 Å². The number of thioether (sulfide) groups is 1. The Hall–Kier alpha value is -2.68. The highest BCUT2D eigenvalue weighted by molar-refractivity contribution is 8.00. The summed E-state index contributed by atoms with van der Waals surface area (Å²) in [7, 11) is 0. The van der Waals surface area contributed by atoms with Gasteiger partial charge < -0.3 is 9.84 Å². The number of halogens is 1. The fraction of sp³-hybridized carbons (Fsp3) is 0.0526. The first-order valence-corrected chi connectivity index (χ1v) is 10.4. The first-order chi connectivity index (χ1) is 13.7. The Morgan fingerprint density at radius 1 is 1.14 bits per heavy atom. The number of aromatic nitrogens is 3. The highest BCUT2D eigenvalue weighted by Gasteiger charge is 2.17. The first kappa shape index (κ1) is 18.7. The Bertz CT molecular complexity index is 1080. The highest BCUT2D eigenvalue weighted by atomic mass is 35.5. The summed E-state index contributed by atoms with van der Waals surface area (Å²) in [5, 5.41) is 9.44. The van der Waals surface area contributed by atoms with Crippen LogP contribution in [0.5, 0.6) is 0 Å². The van der Waals surface area contributed by atoms with E-state index in [4.69, 9.17) is 16.1 Å². The lowest BCUT2D eigenvalue weighted by molar-refractivity contribution is -0.113. The zero-order valence-electron chi connectivity index (χ0n) is 14.3.